The van der Waals surface area contributed by atoms with Gasteiger partial charge in [-0.1, -0.05) is 13.0 Å². The van der Waals surface area contributed by atoms with E-state index in [0.29, 0.717) is 28.8 Å². The van der Waals surface area contributed by atoms with Crippen LogP contribution in [0.3, 0.4) is 0 Å². The first kappa shape index (κ1) is 22.0. The molecule has 32 heavy (non-hydrogen) atoms. The van der Waals surface area contributed by atoms with Crippen LogP contribution in [0.5, 0.6) is 11.6 Å². The fourth-order valence-electron chi connectivity index (χ4n) is 4.20. The molecule has 6 nitrogen and oxygen atoms in total. The quantitative estimate of drug-likeness (QED) is 0.540. The SMILES string of the molecule is CCc1ccc(Oc2cnc3cc(F)ccc3n2)cc1C1C(=O)C(C)(C)OC(C)(C)C1=O. The fraction of sp³-hybridized carbons (Fsp3) is 0.360. The topological polar surface area (TPSA) is 78.4 Å². The molecule has 0 atom stereocenters. The first-order valence-corrected chi connectivity index (χ1v) is 10.5. The van der Waals surface area contributed by atoms with Crippen molar-refractivity contribution in [2.75, 3.05) is 0 Å². The van der Waals surface area contributed by atoms with Crippen molar-refractivity contribution in [2.45, 2.75) is 58.2 Å². The van der Waals surface area contributed by atoms with Crippen LogP contribution >= 0.6 is 0 Å². The minimum absolute atomic E-state index is 0.226. The second-order valence-electron chi connectivity index (χ2n) is 8.94. The number of rotatable bonds is 4. The van der Waals surface area contributed by atoms with Crippen LogP contribution in [0, 0.1) is 5.82 Å². The van der Waals surface area contributed by atoms with E-state index >= 15 is 0 Å². The zero-order chi connectivity index (χ0) is 23.3. The monoisotopic (exact) mass is 436 g/mol. The van der Waals surface area contributed by atoms with Gasteiger partial charge < -0.3 is 9.47 Å². The van der Waals surface area contributed by atoms with Crippen molar-refractivity contribution < 1.29 is 23.5 Å². The number of carbonyl (C=O) groups is 2. The number of carbonyl (C=O) groups excluding carboxylic acids is 2. The summed E-state index contributed by atoms with van der Waals surface area (Å²) >= 11 is 0. The lowest BCUT2D eigenvalue weighted by Crippen LogP contribution is -2.58. The van der Waals surface area contributed by atoms with Crippen molar-refractivity contribution in [3.05, 3.63) is 59.5 Å². The molecular formula is C25H25FN2O4. The van der Waals surface area contributed by atoms with E-state index in [1.54, 1.807) is 39.8 Å². The molecule has 0 radical (unpaired) electrons. The summed E-state index contributed by atoms with van der Waals surface area (Å²) in [6, 6.07) is 9.47. The summed E-state index contributed by atoms with van der Waals surface area (Å²) in [5.41, 5.74) is 0.222. The van der Waals surface area contributed by atoms with Crippen molar-refractivity contribution in [3.8, 4) is 11.6 Å². The standard InChI is InChI=1S/C25H25FN2O4/c1-6-14-7-9-16(31-20-13-27-19-11-15(26)8-10-18(19)28-20)12-17(14)21-22(29)24(2,3)32-25(4,5)23(21)30/h7-13,21H,6H2,1-5H3. The van der Waals surface area contributed by atoms with Gasteiger partial charge in [0.2, 0.25) is 5.88 Å². The summed E-state index contributed by atoms with van der Waals surface area (Å²) in [5.74, 6) is -1.24. The molecule has 2 heterocycles. The number of fused-ring (bicyclic) bond motifs is 1. The maximum absolute atomic E-state index is 13.4. The van der Waals surface area contributed by atoms with Gasteiger partial charge in [-0.25, -0.2) is 14.4 Å². The largest absolute Gasteiger partial charge is 0.437 e. The predicted octanol–water partition coefficient (Wildman–Crippen LogP) is 4.93. The van der Waals surface area contributed by atoms with Crippen LogP contribution in [-0.4, -0.2) is 32.7 Å². The zero-order valence-electron chi connectivity index (χ0n) is 18.7. The molecule has 0 unspecified atom stereocenters. The van der Waals surface area contributed by atoms with E-state index in [9.17, 15) is 14.0 Å². The molecule has 0 saturated carbocycles. The Balaban J connectivity index is 1.74. The molecule has 0 spiro atoms. The molecule has 0 amide bonds. The smallest absolute Gasteiger partial charge is 0.238 e. The van der Waals surface area contributed by atoms with Gasteiger partial charge in [-0.2, -0.15) is 0 Å². The molecule has 1 aliphatic heterocycles. The number of ether oxygens (including phenoxy) is 2. The van der Waals surface area contributed by atoms with E-state index in [2.05, 4.69) is 9.97 Å². The summed E-state index contributed by atoms with van der Waals surface area (Å²) in [4.78, 5) is 35.0. The Hall–Kier alpha value is -3.19. The van der Waals surface area contributed by atoms with Gasteiger partial charge in [-0.05, 0) is 69.5 Å². The second-order valence-corrected chi connectivity index (χ2v) is 8.94. The molecule has 2 aromatic carbocycles. The summed E-state index contributed by atoms with van der Waals surface area (Å²) in [6.45, 7) is 8.73. The predicted molar refractivity (Wildman–Crippen MR) is 117 cm³/mol. The van der Waals surface area contributed by atoms with E-state index in [1.807, 2.05) is 13.0 Å². The number of aryl methyl sites for hydroxylation is 1. The van der Waals surface area contributed by atoms with Gasteiger partial charge >= 0.3 is 0 Å². The third-order valence-corrected chi connectivity index (χ3v) is 5.74. The van der Waals surface area contributed by atoms with Crippen LogP contribution in [0.2, 0.25) is 0 Å². The van der Waals surface area contributed by atoms with Crippen molar-refractivity contribution in [3.63, 3.8) is 0 Å². The lowest BCUT2D eigenvalue weighted by molar-refractivity contribution is -0.184. The highest BCUT2D eigenvalue weighted by molar-refractivity contribution is 6.15. The van der Waals surface area contributed by atoms with Gasteiger partial charge in [-0.15, -0.1) is 0 Å². The number of halogens is 1. The molecule has 1 aromatic heterocycles. The van der Waals surface area contributed by atoms with E-state index in [-0.39, 0.29) is 17.4 Å². The second kappa shape index (κ2) is 7.74. The van der Waals surface area contributed by atoms with Crippen molar-refractivity contribution in [2.24, 2.45) is 0 Å². The molecule has 4 rings (SSSR count). The number of Topliss-reactive ketones (excluding diaryl/α,β-unsaturated/α-hetero) is 2. The van der Waals surface area contributed by atoms with Crippen LogP contribution in [-0.2, 0) is 20.7 Å². The van der Waals surface area contributed by atoms with E-state index in [0.717, 1.165) is 5.56 Å². The highest BCUT2D eigenvalue weighted by Gasteiger charge is 2.53. The van der Waals surface area contributed by atoms with Crippen LogP contribution in [0.15, 0.2) is 42.6 Å². The molecule has 0 bridgehead atoms. The maximum Gasteiger partial charge on any atom is 0.238 e. The Labute approximate surface area is 185 Å². The normalized spacial score (nSPS) is 18.2. The fourth-order valence-corrected chi connectivity index (χ4v) is 4.20. The number of ketones is 2. The average Bonchev–Trinajstić information content (AvgIpc) is 2.72. The van der Waals surface area contributed by atoms with Gasteiger partial charge in [0.25, 0.3) is 0 Å². The van der Waals surface area contributed by atoms with Gasteiger partial charge in [0, 0.05) is 6.07 Å². The number of benzene rings is 2. The van der Waals surface area contributed by atoms with Crippen LogP contribution in [0.1, 0.15) is 51.7 Å². The number of aromatic nitrogens is 2. The summed E-state index contributed by atoms with van der Waals surface area (Å²) < 4.78 is 25.1. The molecular weight excluding hydrogens is 411 g/mol. The Morgan fingerprint density at radius 3 is 2.34 bits per heavy atom. The maximum atomic E-state index is 13.4. The minimum Gasteiger partial charge on any atom is -0.437 e. The van der Waals surface area contributed by atoms with Crippen molar-refractivity contribution in [1.29, 1.82) is 0 Å². The molecule has 0 N–H and O–H groups in total. The minimum atomic E-state index is -1.09. The highest BCUT2D eigenvalue weighted by atomic mass is 19.1. The Morgan fingerprint density at radius 1 is 1.00 bits per heavy atom. The lowest BCUT2D eigenvalue weighted by Gasteiger charge is -2.43. The number of hydrogen-bond acceptors (Lipinski definition) is 6. The first-order chi connectivity index (χ1) is 15.0. The van der Waals surface area contributed by atoms with Crippen LogP contribution in [0.25, 0.3) is 11.0 Å². The van der Waals surface area contributed by atoms with Gasteiger partial charge in [0.15, 0.2) is 11.6 Å². The number of nitrogens with zero attached hydrogens (tertiary/aromatic N) is 2. The molecule has 1 fully saturated rings. The molecule has 0 aliphatic carbocycles. The first-order valence-electron chi connectivity index (χ1n) is 10.5. The third-order valence-electron chi connectivity index (χ3n) is 5.74. The third kappa shape index (κ3) is 3.88. The summed E-state index contributed by atoms with van der Waals surface area (Å²) in [7, 11) is 0. The van der Waals surface area contributed by atoms with E-state index in [4.69, 9.17) is 9.47 Å². The molecule has 1 saturated heterocycles. The lowest BCUT2D eigenvalue weighted by atomic mass is 9.73. The Morgan fingerprint density at radius 2 is 1.69 bits per heavy atom. The summed E-state index contributed by atoms with van der Waals surface area (Å²) in [5, 5.41) is 0. The molecule has 3 aromatic rings. The van der Waals surface area contributed by atoms with Crippen molar-refractivity contribution in [1.82, 2.24) is 9.97 Å². The average molecular weight is 436 g/mol. The number of hydrogen-bond donors (Lipinski definition) is 0. The van der Waals surface area contributed by atoms with E-state index in [1.165, 1.54) is 24.4 Å². The highest BCUT2D eigenvalue weighted by Crippen LogP contribution is 2.40. The molecule has 7 heteroatoms. The van der Waals surface area contributed by atoms with Gasteiger partial charge in [-0.3, -0.25) is 9.59 Å². The van der Waals surface area contributed by atoms with Crippen molar-refractivity contribution >= 4 is 22.6 Å². The molecule has 166 valence electrons. The zero-order valence-corrected chi connectivity index (χ0v) is 18.7. The Bertz CT molecular complexity index is 1210. The van der Waals surface area contributed by atoms with Crippen LogP contribution in [0.4, 0.5) is 4.39 Å². The van der Waals surface area contributed by atoms with Gasteiger partial charge in [0.1, 0.15) is 28.7 Å². The van der Waals surface area contributed by atoms with E-state index < -0.39 is 22.9 Å². The summed E-state index contributed by atoms with van der Waals surface area (Å²) in [6.07, 6.45) is 2.06. The van der Waals surface area contributed by atoms with Gasteiger partial charge in [0.05, 0.1) is 17.2 Å². The van der Waals surface area contributed by atoms with Crippen LogP contribution < -0.4 is 4.74 Å². The molecule has 1 aliphatic rings. The Kier molecular flexibility index (Phi) is 5.33.